The molecule has 2 fully saturated rings. The average molecular weight is 803 g/mol. The number of carbonyl (C=O) groups excluding carboxylic acids is 2. The molecule has 4 aromatic carbocycles. The van der Waals surface area contributed by atoms with Gasteiger partial charge in [-0.15, -0.1) is 0 Å². The van der Waals surface area contributed by atoms with Crippen molar-refractivity contribution in [2.24, 2.45) is 0 Å². The average Bonchev–Trinajstić information content (AvgIpc) is 3.18. The van der Waals surface area contributed by atoms with E-state index >= 15 is 0 Å². The van der Waals surface area contributed by atoms with Crippen molar-refractivity contribution in [3.8, 4) is 17.2 Å². The molecule has 7 nitrogen and oxygen atoms in total. The van der Waals surface area contributed by atoms with Crippen molar-refractivity contribution in [2.45, 2.75) is 155 Å². The Labute approximate surface area is 353 Å². The van der Waals surface area contributed by atoms with Crippen LogP contribution in [0.4, 0.5) is 0 Å². The first kappa shape index (κ1) is 43.8. The van der Waals surface area contributed by atoms with Crippen LogP contribution in [0, 0.1) is 13.8 Å². The van der Waals surface area contributed by atoms with E-state index in [4.69, 9.17) is 23.7 Å². The van der Waals surface area contributed by atoms with E-state index in [0.717, 1.165) is 113 Å². The maximum atomic E-state index is 13.1. The van der Waals surface area contributed by atoms with E-state index in [0.29, 0.717) is 6.61 Å². The number of benzene rings is 4. The van der Waals surface area contributed by atoms with Gasteiger partial charge >= 0.3 is 11.9 Å². The first-order valence-corrected chi connectivity index (χ1v) is 21.9. The van der Waals surface area contributed by atoms with Gasteiger partial charge in [-0.05, 0) is 151 Å². The molecule has 6 rings (SSSR count). The van der Waals surface area contributed by atoms with Crippen LogP contribution in [0.1, 0.15) is 168 Å². The Balaban J connectivity index is 1.56. The summed E-state index contributed by atoms with van der Waals surface area (Å²) in [6.45, 7) is 15.6. The van der Waals surface area contributed by atoms with Crippen LogP contribution in [0.2, 0.25) is 0 Å². The summed E-state index contributed by atoms with van der Waals surface area (Å²) in [7, 11) is 0. The molecule has 59 heavy (non-hydrogen) atoms. The van der Waals surface area contributed by atoms with E-state index in [2.05, 4.69) is 68.4 Å². The molecule has 316 valence electrons. The summed E-state index contributed by atoms with van der Waals surface area (Å²) in [5, 5.41) is 0. The fourth-order valence-electron chi connectivity index (χ4n) is 9.02. The van der Waals surface area contributed by atoms with Crippen molar-refractivity contribution >= 4 is 11.9 Å². The zero-order valence-corrected chi connectivity index (χ0v) is 36.8. The second kappa shape index (κ2) is 19.5. The monoisotopic (exact) mass is 802 g/mol. The molecule has 0 amide bonds. The molecule has 0 unspecified atom stereocenters. The Morgan fingerprint density at radius 3 is 1.51 bits per heavy atom. The van der Waals surface area contributed by atoms with Crippen LogP contribution in [0.3, 0.4) is 0 Å². The first-order chi connectivity index (χ1) is 28.1. The van der Waals surface area contributed by atoms with Gasteiger partial charge < -0.3 is 23.7 Å². The van der Waals surface area contributed by atoms with Gasteiger partial charge in [0.25, 0.3) is 0 Å². The zero-order chi connectivity index (χ0) is 42.2. The molecule has 2 saturated carbocycles. The Morgan fingerprint density at radius 1 is 0.576 bits per heavy atom. The van der Waals surface area contributed by atoms with Gasteiger partial charge in [0.1, 0.15) is 35.1 Å². The molecule has 0 saturated heterocycles. The lowest BCUT2D eigenvalue weighted by Gasteiger charge is -2.34. The van der Waals surface area contributed by atoms with Crippen LogP contribution < -0.4 is 14.2 Å². The Kier molecular flexibility index (Phi) is 14.5. The van der Waals surface area contributed by atoms with Gasteiger partial charge in [-0.2, -0.15) is 0 Å². The topological polar surface area (TPSA) is 80.3 Å². The number of carbonyl (C=O) groups is 2. The van der Waals surface area contributed by atoms with Crippen LogP contribution >= 0.6 is 0 Å². The predicted molar refractivity (Wildman–Crippen MR) is 235 cm³/mol. The largest absolute Gasteiger partial charge is 0.489 e. The third-order valence-corrected chi connectivity index (χ3v) is 11.3. The van der Waals surface area contributed by atoms with Gasteiger partial charge in [-0.1, -0.05) is 93.1 Å². The Morgan fingerprint density at radius 2 is 1.05 bits per heavy atom. The van der Waals surface area contributed by atoms with Crippen molar-refractivity contribution in [1.29, 1.82) is 0 Å². The van der Waals surface area contributed by atoms with E-state index in [1.807, 2.05) is 65.8 Å². The molecule has 0 radical (unpaired) electrons. The molecular formula is C52H66O7. The third kappa shape index (κ3) is 12.4. The lowest BCUT2D eigenvalue weighted by Crippen LogP contribution is -2.28. The van der Waals surface area contributed by atoms with Crippen LogP contribution in [0.5, 0.6) is 17.2 Å². The molecule has 7 heteroatoms. The maximum Gasteiger partial charge on any atom is 0.344 e. The highest BCUT2D eigenvalue weighted by molar-refractivity contribution is 5.72. The summed E-state index contributed by atoms with van der Waals surface area (Å²) in [6, 6.07) is 27.6. The smallest absolute Gasteiger partial charge is 0.344 e. The predicted octanol–water partition coefficient (Wildman–Crippen LogP) is 12.6. The molecule has 0 N–H and O–H groups in total. The normalized spacial score (nSPS) is 15.5. The van der Waals surface area contributed by atoms with Crippen LogP contribution in [0.15, 0.2) is 78.9 Å². The lowest BCUT2D eigenvalue weighted by atomic mass is 9.71. The highest BCUT2D eigenvalue weighted by Gasteiger charge is 2.34. The Bertz CT molecular complexity index is 1920. The molecule has 0 atom stereocenters. The minimum atomic E-state index is -0.618. The van der Waals surface area contributed by atoms with Crippen LogP contribution in [0.25, 0.3) is 0 Å². The van der Waals surface area contributed by atoms with Crippen LogP contribution in [-0.2, 0) is 25.7 Å². The second-order valence-corrected chi connectivity index (χ2v) is 18.7. The van der Waals surface area contributed by atoms with Crippen LogP contribution in [-0.4, -0.2) is 36.4 Å². The van der Waals surface area contributed by atoms with Crippen molar-refractivity contribution in [1.82, 2.24) is 0 Å². The van der Waals surface area contributed by atoms with E-state index < -0.39 is 11.2 Å². The van der Waals surface area contributed by atoms with Gasteiger partial charge in [0.15, 0.2) is 13.2 Å². The molecule has 0 heterocycles. The minimum absolute atomic E-state index is 0.173. The summed E-state index contributed by atoms with van der Waals surface area (Å²) >= 11 is 0. The summed E-state index contributed by atoms with van der Waals surface area (Å²) in [5.74, 6) is 1.76. The summed E-state index contributed by atoms with van der Waals surface area (Å²) in [4.78, 5) is 26.3. The number of ether oxygens (including phenoxy) is 5. The van der Waals surface area contributed by atoms with Gasteiger partial charge in [0.05, 0.1) is 0 Å². The van der Waals surface area contributed by atoms with Gasteiger partial charge in [-0.3, -0.25) is 0 Å². The highest BCUT2D eigenvalue weighted by atomic mass is 16.6. The molecule has 0 aromatic heterocycles. The highest BCUT2D eigenvalue weighted by Crippen LogP contribution is 2.50. The SMILES string of the molecule is Cc1cc(OCC(=O)OC(C)(C)C)c(C2CCCCC2)c(C(c2cccc(OCc3ccccc3)c2)c2cc(C)cc(OCC(=O)OC(C)(C)C)c2C2CCCCC2)c1. The van der Waals surface area contributed by atoms with E-state index in [1.54, 1.807) is 0 Å². The summed E-state index contributed by atoms with van der Waals surface area (Å²) in [5.41, 5.74) is 7.70. The van der Waals surface area contributed by atoms with Crippen molar-refractivity contribution < 1.29 is 33.3 Å². The number of esters is 2. The minimum Gasteiger partial charge on any atom is -0.489 e. The molecule has 0 spiro atoms. The fraction of sp³-hybridized carbons (Fsp3) is 0.500. The maximum absolute atomic E-state index is 13.1. The quantitative estimate of drug-likeness (QED) is 0.0927. The van der Waals surface area contributed by atoms with Crippen molar-refractivity contribution in [3.63, 3.8) is 0 Å². The number of hydrogen-bond donors (Lipinski definition) is 0. The molecular weight excluding hydrogens is 737 g/mol. The molecule has 2 aliphatic rings. The molecule has 0 bridgehead atoms. The molecule has 2 aliphatic carbocycles. The van der Waals surface area contributed by atoms with Crippen molar-refractivity contribution in [2.75, 3.05) is 13.2 Å². The lowest BCUT2D eigenvalue weighted by molar-refractivity contribution is -0.158. The molecule has 4 aromatic rings. The van der Waals surface area contributed by atoms with Gasteiger partial charge in [0, 0.05) is 17.0 Å². The van der Waals surface area contributed by atoms with E-state index in [9.17, 15) is 9.59 Å². The molecule has 0 aliphatic heterocycles. The number of aryl methyl sites for hydroxylation is 2. The fourth-order valence-corrected chi connectivity index (χ4v) is 9.02. The summed E-state index contributed by atoms with van der Waals surface area (Å²) in [6.07, 6.45) is 11.1. The summed E-state index contributed by atoms with van der Waals surface area (Å²) < 4.78 is 31.1. The number of rotatable bonds is 14. The third-order valence-electron chi connectivity index (χ3n) is 11.3. The Hall–Kier alpha value is -4.78. The first-order valence-electron chi connectivity index (χ1n) is 21.9. The van der Waals surface area contributed by atoms with Crippen molar-refractivity contribution in [3.05, 3.63) is 123 Å². The number of hydrogen-bond acceptors (Lipinski definition) is 7. The van der Waals surface area contributed by atoms with Gasteiger partial charge in [0.2, 0.25) is 0 Å². The van der Waals surface area contributed by atoms with E-state index in [-0.39, 0.29) is 42.9 Å². The second-order valence-electron chi connectivity index (χ2n) is 18.7. The van der Waals surface area contributed by atoms with Gasteiger partial charge in [-0.25, -0.2) is 9.59 Å². The van der Waals surface area contributed by atoms with E-state index in [1.165, 1.54) is 12.8 Å². The standard InChI is InChI=1S/C52H66O7/c1-35-27-42(49(38-21-14-10-15-22-38)44(29-35)56-33-46(53)58-51(3,4)5)48(40-25-18-26-41(31-40)55-32-37-19-12-9-13-20-37)43-28-36(2)30-45(50(43)39-23-16-11-17-24-39)57-34-47(54)59-52(6,7)8/h9,12-13,18-20,25-31,38-39,48H,10-11,14-17,21-24,32-34H2,1-8H3. The zero-order valence-electron chi connectivity index (χ0n) is 36.8.